The molecule has 0 aromatic rings. The summed E-state index contributed by atoms with van der Waals surface area (Å²) in [4.78, 5) is 0. The summed E-state index contributed by atoms with van der Waals surface area (Å²) in [5.41, 5.74) is 0. The lowest BCUT2D eigenvalue weighted by atomic mass is 9.86. The second-order valence-corrected chi connectivity index (χ2v) is 4.34. The van der Waals surface area contributed by atoms with E-state index in [0.717, 1.165) is 0 Å². The standard InChI is InChI=1S/C9H14O3/c1-3-5(10)4(2)7-9-8(12-9)6(3)11-7/h3-10H,1-2H3/t3-,4+,5+,6+,7-,8+,9?/m0/s1. The number of rotatable bonds is 0. The molecule has 68 valence electrons. The van der Waals surface area contributed by atoms with Crippen molar-refractivity contribution in [2.75, 3.05) is 0 Å². The van der Waals surface area contributed by atoms with Crippen LogP contribution < -0.4 is 0 Å². The third-order valence-corrected chi connectivity index (χ3v) is 3.64. The minimum Gasteiger partial charge on any atom is -0.392 e. The van der Waals surface area contributed by atoms with Gasteiger partial charge < -0.3 is 14.6 Å². The molecule has 1 N–H and O–H groups in total. The molecule has 3 heterocycles. The highest BCUT2D eigenvalue weighted by Crippen LogP contribution is 2.50. The Morgan fingerprint density at radius 2 is 1.25 bits per heavy atom. The van der Waals surface area contributed by atoms with Crippen molar-refractivity contribution in [3.05, 3.63) is 0 Å². The van der Waals surface area contributed by atoms with E-state index in [0.29, 0.717) is 12.2 Å². The molecule has 3 nitrogen and oxygen atoms in total. The van der Waals surface area contributed by atoms with Crippen molar-refractivity contribution < 1.29 is 14.6 Å². The Labute approximate surface area is 71.7 Å². The first kappa shape index (κ1) is 7.30. The van der Waals surface area contributed by atoms with Crippen LogP contribution in [0.2, 0.25) is 0 Å². The quantitative estimate of drug-likeness (QED) is 0.527. The molecule has 3 heteroatoms. The van der Waals surface area contributed by atoms with Crippen LogP contribution in [0.5, 0.6) is 0 Å². The molecule has 3 saturated heterocycles. The Hall–Kier alpha value is -0.120. The average molecular weight is 170 g/mol. The fourth-order valence-corrected chi connectivity index (χ4v) is 2.71. The molecule has 3 aliphatic rings. The van der Waals surface area contributed by atoms with Gasteiger partial charge in [0, 0.05) is 11.8 Å². The summed E-state index contributed by atoms with van der Waals surface area (Å²) in [6, 6.07) is 0. The summed E-state index contributed by atoms with van der Waals surface area (Å²) in [6.45, 7) is 4.10. The summed E-state index contributed by atoms with van der Waals surface area (Å²) in [7, 11) is 0. The largest absolute Gasteiger partial charge is 0.392 e. The molecular weight excluding hydrogens is 156 g/mol. The molecule has 0 spiro atoms. The lowest BCUT2D eigenvalue weighted by Gasteiger charge is -2.38. The van der Waals surface area contributed by atoms with Gasteiger partial charge in [0.1, 0.15) is 12.2 Å². The number of hydrogen-bond donors (Lipinski definition) is 1. The van der Waals surface area contributed by atoms with E-state index in [1.54, 1.807) is 0 Å². The van der Waals surface area contributed by atoms with Crippen LogP contribution in [-0.2, 0) is 9.47 Å². The predicted molar refractivity (Wildman–Crippen MR) is 41.7 cm³/mol. The van der Waals surface area contributed by atoms with Gasteiger partial charge in [-0.25, -0.2) is 0 Å². The van der Waals surface area contributed by atoms with E-state index in [2.05, 4.69) is 0 Å². The molecule has 7 atom stereocenters. The van der Waals surface area contributed by atoms with Gasteiger partial charge in [-0.3, -0.25) is 0 Å². The fraction of sp³-hybridized carbons (Fsp3) is 1.00. The molecular formula is C9H14O3. The van der Waals surface area contributed by atoms with Crippen LogP contribution in [0.25, 0.3) is 0 Å². The predicted octanol–water partition coefficient (Wildman–Crippen LogP) is 0.168. The van der Waals surface area contributed by atoms with Gasteiger partial charge in [0.25, 0.3) is 0 Å². The first-order valence-corrected chi connectivity index (χ1v) is 4.69. The zero-order valence-corrected chi connectivity index (χ0v) is 7.31. The molecule has 3 aliphatic heterocycles. The molecule has 1 unspecified atom stereocenters. The van der Waals surface area contributed by atoms with Gasteiger partial charge in [-0.15, -0.1) is 0 Å². The second-order valence-electron chi connectivity index (χ2n) is 4.34. The number of ether oxygens (including phenoxy) is 2. The Balaban J connectivity index is 1.93. The number of aliphatic hydroxyl groups excluding tert-OH is 1. The van der Waals surface area contributed by atoms with Crippen molar-refractivity contribution >= 4 is 0 Å². The Kier molecular flexibility index (Phi) is 1.23. The van der Waals surface area contributed by atoms with Crippen molar-refractivity contribution in [2.24, 2.45) is 11.8 Å². The maximum absolute atomic E-state index is 9.83. The average Bonchev–Trinajstić information content (AvgIpc) is 2.76. The van der Waals surface area contributed by atoms with Gasteiger partial charge >= 0.3 is 0 Å². The minimum atomic E-state index is -0.204. The third-order valence-electron chi connectivity index (χ3n) is 3.64. The molecule has 12 heavy (non-hydrogen) atoms. The summed E-state index contributed by atoms with van der Waals surface area (Å²) in [5, 5.41) is 9.83. The number of aliphatic hydroxyl groups is 1. The van der Waals surface area contributed by atoms with Crippen molar-refractivity contribution in [3.8, 4) is 0 Å². The van der Waals surface area contributed by atoms with Crippen LogP contribution in [0.3, 0.4) is 0 Å². The molecule has 0 aromatic carbocycles. The van der Waals surface area contributed by atoms with Crippen LogP contribution in [0, 0.1) is 11.8 Å². The van der Waals surface area contributed by atoms with Gasteiger partial charge in [0.05, 0.1) is 18.3 Å². The fourth-order valence-electron chi connectivity index (χ4n) is 2.71. The molecule has 0 amide bonds. The topological polar surface area (TPSA) is 42.0 Å². The molecule has 3 rings (SSSR count). The van der Waals surface area contributed by atoms with E-state index in [4.69, 9.17) is 9.47 Å². The summed E-state index contributed by atoms with van der Waals surface area (Å²) in [6.07, 6.45) is 0.705. The number of epoxide rings is 1. The van der Waals surface area contributed by atoms with Crippen LogP contribution in [0.4, 0.5) is 0 Å². The maximum atomic E-state index is 9.83. The van der Waals surface area contributed by atoms with Crippen LogP contribution in [-0.4, -0.2) is 35.6 Å². The SMILES string of the molecule is C[C@@H]1[C@H](O)[C@H](C)[C@H]2O[C@@H]1C1O[C@@H]12. The van der Waals surface area contributed by atoms with Crippen molar-refractivity contribution in [1.82, 2.24) is 0 Å². The van der Waals surface area contributed by atoms with E-state index >= 15 is 0 Å². The Morgan fingerprint density at radius 1 is 0.833 bits per heavy atom. The summed E-state index contributed by atoms with van der Waals surface area (Å²) in [5.74, 6) is 0.461. The molecule has 2 bridgehead atoms. The van der Waals surface area contributed by atoms with Gasteiger partial charge in [0.2, 0.25) is 0 Å². The van der Waals surface area contributed by atoms with Crippen LogP contribution in [0.1, 0.15) is 13.8 Å². The third kappa shape index (κ3) is 0.679. The van der Waals surface area contributed by atoms with Crippen LogP contribution >= 0.6 is 0 Å². The zero-order valence-electron chi connectivity index (χ0n) is 7.31. The maximum Gasteiger partial charge on any atom is 0.113 e. The van der Waals surface area contributed by atoms with E-state index in [-0.39, 0.29) is 30.1 Å². The van der Waals surface area contributed by atoms with E-state index in [9.17, 15) is 5.11 Å². The lowest BCUT2D eigenvalue weighted by Crippen LogP contribution is -2.47. The molecule has 0 aliphatic carbocycles. The minimum absolute atomic E-state index is 0.159. The zero-order chi connectivity index (χ0) is 8.46. The Bertz CT molecular complexity index is 198. The highest BCUT2D eigenvalue weighted by atomic mass is 16.7. The highest BCUT2D eigenvalue weighted by Gasteiger charge is 2.65. The normalized spacial score (nSPS) is 67.8. The van der Waals surface area contributed by atoms with Crippen molar-refractivity contribution in [2.45, 2.75) is 44.4 Å². The van der Waals surface area contributed by atoms with Gasteiger partial charge in [-0.2, -0.15) is 0 Å². The first-order valence-electron chi connectivity index (χ1n) is 4.69. The first-order chi connectivity index (χ1) is 5.70. The molecule has 0 radical (unpaired) electrons. The van der Waals surface area contributed by atoms with Gasteiger partial charge in [-0.1, -0.05) is 13.8 Å². The van der Waals surface area contributed by atoms with Gasteiger partial charge in [-0.05, 0) is 0 Å². The van der Waals surface area contributed by atoms with Gasteiger partial charge in [0.15, 0.2) is 0 Å². The monoisotopic (exact) mass is 170 g/mol. The smallest absolute Gasteiger partial charge is 0.113 e. The summed E-state index contributed by atoms with van der Waals surface area (Å²) >= 11 is 0. The highest BCUT2D eigenvalue weighted by molar-refractivity contribution is 5.11. The van der Waals surface area contributed by atoms with E-state index in [1.807, 2.05) is 13.8 Å². The summed E-state index contributed by atoms with van der Waals surface area (Å²) < 4.78 is 11.2. The number of fused-ring (bicyclic) bond motifs is 5. The van der Waals surface area contributed by atoms with Crippen LogP contribution in [0.15, 0.2) is 0 Å². The Morgan fingerprint density at radius 3 is 1.75 bits per heavy atom. The molecule has 0 saturated carbocycles. The number of hydrogen-bond acceptors (Lipinski definition) is 3. The molecule has 0 aromatic heterocycles. The van der Waals surface area contributed by atoms with E-state index in [1.165, 1.54) is 0 Å². The van der Waals surface area contributed by atoms with Crippen molar-refractivity contribution in [3.63, 3.8) is 0 Å². The lowest BCUT2D eigenvalue weighted by molar-refractivity contribution is -0.164. The van der Waals surface area contributed by atoms with Crippen molar-refractivity contribution in [1.29, 1.82) is 0 Å². The molecule has 3 fully saturated rings. The van der Waals surface area contributed by atoms with E-state index < -0.39 is 0 Å². The second kappa shape index (κ2) is 2.03.